The molecule has 0 radical (unpaired) electrons. The molecule has 1 aromatic heterocycles. The number of carbonyl (C=O) groups is 5. The van der Waals surface area contributed by atoms with Crippen molar-refractivity contribution in [2.75, 3.05) is 6.54 Å². The zero-order valence-corrected chi connectivity index (χ0v) is 31.7. The fourth-order valence-electron chi connectivity index (χ4n) is 6.98. The van der Waals surface area contributed by atoms with Crippen molar-refractivity contribution in [3.8, 4) is 0 Å². The molecule has 15 heteroatoms. The Labute approximate surface area is 305 Å². The van der Waals surface area contributed by atoms with Crippen LogP contribution < -0.4 is 20.7 Å². The van der Waals surface area contributed by atoms with Gasteiger partial charge in [0.1, 0.15) is 28.9 Å². The normalized spacial score (nSPS) is 26.8. The van der Waals surface area contributed by atoms with Gasteiger partial charge in [-0.05, 0) is 78.4 Å². The molecule has 2 aliphatic heterocycles. The molecule has 1 aliphatic carbocycles. The molecular formula is C37H52N6O8S. The summed E-state index contributed by atoms with van der Waals surface area (Å²) in [5.41, 5.74) is -1.09. The fourth-order valence-corrected chi connectivity index (χ4v) is 8.06. The lowest BCUT2D eigenvalue weighted by Crippen LogP contribution is -2.58. The van der Waals surface area contributed by atoms with Crippen molar-refractivity contribution in [1.82, 2.24) is 30.1 Å². The molecule has 0 spiro atoms. The minimum absolute atomic E-state index is 0.0236. The number of para-hydroxylation sites is 1. The van der Waals surface area contributed by atoms with E-state index in [2.05, 4.69) is 20.7 Å². The van der Waals surface area contributed by atoms with Gasteiger partial charge in [0.05, 0.1) is 5.25 Å². The number of aryl methyl sites for hydroxylation is 1. The fraction of sp³-hybridized carbons (Fsp3) is 0.595. The maximum absolute atomic E-state index is 14.4. The van der Waals surface area contributed by atoms with E-state index in [1.54, 1.807) is 45.4 Å². The van der Waals surface area contributed by atoms with Gasteiger partial charge in [-0.15, -0.1) is 0 Å². The first kappa shape index (κ1) is 38.8. The van der Waals surface area contributed by atoms with Crippen molar-refractivity contribution in [1.29, 1.82) is 0 Å². The lowest BCUT2D eigenvalue weighted by Gasteiger charge is -2.30. The van der Waals surface area contributed by atoms with Crippen molar-refractivity contribution < 1.29 is 37.1 Å². The zero-order valence-electron chi connectivity index (χ0n) is 30.9. The summed E-state index contributed by atoms with van der Waals surface area (Å²) >= 11 is 0. The average Bonchev–Trinajstić information content (AvgIpc) is 3.42. The van der Waals surface area contributed by atoms with E-state index >= 15 is 0 Å². The van der Waals surface area contributed by atoms with Crippen LogP contribution in [0.1, 0.15) is 96.5 Å². The van der Waals surface area contributed by atoms with Crippen molar-refractivity contribution in [2.45, 2.75) is 121 Å². The molecule has 2 fully saturated rings. The Morgan fingerprint density at radius 2 is 1.83 bits per heavy atom. The maximum atomic E-state index is 14.4. The number of hydrogen-bond acceptors (Lipinski definition) is 8. The number of hydrogen-bond donors (Lipinski definition) is 4. The molecule has 3 aliphatic rings. The smallest absolute Gasteiger partial charge is 0.408 e. The van der Waals surface area contributed by atoms with E-state index < -0.39 is 74.3 Å². The first-order valence-electron chi connectivity index (χ1n) is 18.2. The number of benzene rings is 1. The number of ether oxygens (including phenoxy) is 1. The molecule has 0 bridgehead atoms. The lowest BCUT2D eigenvalue weighted by atomic mass is 10.0. The number of allylic oxidation sites excluding steroid dienone is 1. The number of sulfonamides is 1. The van der Waals surface area contributed by atoms with Crippen LogP contribution in [0.2, 0.25) is 0 Å². The zero-order chi connectivity index (χ0) is 38.0. The molecule has 3 heterocycles. The Kier molecular flexibility index (Phi) is 11.4. The third-order valence-corrected chi connectivity index (χ3v) is 12.1. The summed E-state index contributed by atoms with van der Waals surface area (Å²) < 4.78 is 35.3. The molecule has 1 unspecified atom stereocenters. The van der Waals surface area contributed by atoms with Crippen LogP contribution >= 0.6 is 0 Å². The number of rotatable bonds is 7. The highest BCUT2D eigenvalue weighted by Crippen LogP contribution is 2.45. The van der Waals surface area contributed by atoms with E-state index in [4.69, 9.17) is 4.74 Å². The summed E-state index contributed by atoms with van der Waals surface area (Å²) in [5.74, 6) is -2.86. The van der Waals surface area contributed by atoms with Gasteiger partial charge in [-0.2, -0.15) is 0 Å². The highest BCUT2D eigenvalue weighted by molar-refractivity contribution is 7.90. The summed E-state index contributed by atoms with van der Waals surface area (Å²) in [6.07, 6.45) is 6.59. The van der Waals surface area contributed by atoms with Gasteiger partial charge in [0, 0.05) is 36.5 Å². The highest BCUT2D eigenvalue weighted by Gasteiger charge is 2.61. The van der Waals surface area contributed by atoms with Crippen LogP contribution in [0.15, 0.2) is 42.5 Å². The van der Waals surface area contributed by atoms with Gasteiger partial charge < -0.3 is 30.2 Å². The SMILES string of the molecule is CCC(C)S(=O)(=O)NC(=O)[C@@]12C[C@H]1/C=C\CCCCC[C@H](NC(=O)OC(C)(C)C)C(=O)N1C[C@H](NC(=O)c3cc4ccccc4n3C)C[C@H]1C(=O)N2. The molecule has 5 amide bonds. The molecule has 14 nitrogen and oxygen atoms in total. The molecule has 2 aromatic rings. The Bertz CT molecular complexity index is 1850. The monoisotopic (exact) mass is 740 g/mol. The topological polar surface area (TPSA) is 185 Å². The van der Waals surface area contributed by atoms with Gasteiger partial charge in [0.25, 0.3) is 11.8 Å². The van der Waals surface area contributed by atoms with E-state index in [-0.39, 0.29) is 31.7 Å². The van der Waals surface area contributed by atoms with Crippen molar-refractivity contribution in [2.24, 2.45) is 13.0 Å². The third kappa shape index (κ3) is 8.62. The second-order valence-electron chi connectivity index (χ2n) is 15.3. The standard InChI is InChI=1S/C37H52N6O8S/c1-7-23(2)52(49,50)41-34(47)37-21-25(37)16-11-9-8-10-12-17-27(39-35(48)51-36(3,4)5)33(46)43-22-26(20-30(43)32(45)40-37)38-31(44)29-19-24-15-13-14-18-28(24)42(29)6/h11,13-16,18-19,23,25-27,30H,7-10,12,17,20-22H2,1-6H3,(H,38,44)(H,39,48)(H,40,45)(H,41,47)/b16-11-/t23?,25-,26-,27+,30+,37-/m1/s1. The van der Waals surface area contributed by atoms with E-state index in [0.717, 1.165) is 23.7 Å². The van der Waals surface area contributed by atoms with Crippen LogP contribution in [0.3, 0.4) is 0 Å². The molecule has 1 saturated heterocycles. The van der Waals surface area contributed by atoms with Crippen LogP contribution in [-0.2, 0) is 36.2 Å². The van der Waals surface area contributed by atoms with E-state index in [9.17, 15) is 32.4 Å². The van der Waals surface area contributed by atoms with Gasteiger partial charge in [-0.3, -0.25) is 23.9 Å². The number of amides is 5. The number of aromatic nitrogens is 1. The largest absolute Gasteiger partial charge is 0.444 e. The second-order valence-corrected chi connectivity index (χ2v) is 17.4. The number of nitrogens with zero attached hydrogens (tertiary/aromatic N) is 2. The summed E-state index contributed by atoms with van der Waals surface area (Å²) in [7, 11) is -2.23. The van der Waals surface area contributed by atoms with E-state index in [0.29, 0.717) is 25.0 Å². The van der Waals surface area contributed by atoms with Gasteiger partial charge in [-0.1, -0.05) is 50.1 Å². The number of carbonyl (C=O) groups excluding carboxylic acids is 5. The average molecular weight is 741 g/mol. The molecule has 5 rings (SSSR count). The van der Waals surface area contributed by atoms with Crippen molar-refractivity contribution in [3.05, 3.63) is 48.2 Å². The number of alkyl carbamates (subject to hydrolysis) is 1. The van der Waals surface area contributed by atoms with Gasteiger partial charge in [0.15, 0.2) is 0 Å². The minimum atomic E-state index is -4.02. The van der Waals surface area contributed by atoms with Crippen LogP contribution in [0.25, 0.3) is 10.9 Å². The minimum Gasteiger partial charge on any atom is -0.444 e. The Hall–Kier alpha value is -4.40. The van der Waals surface area contributed by atoms with Gasteiger partial charge >= 0.3 is 6.09 Å². The third-order valence-electron chi connectivity index (χ3n) is 10.2. The Morgan fingerprint density at radius 1 is 1.10 bits per heavy atom. The molecular weight excluding hydrogens is 689 g/mol. The van der Waals surface area contributed by atoms with Crippen molar-refractivity contribution >= 4 is 50.6 Å². The molecule has 52 heavy (non-hydrogen) atoms. The Balaban J connectivity index is 1.45. The van der Waals surface area contributed by atoms with Crippen LogP contribution in [-0.4, -0.2) is 88.7 Å². The van der Waals surface area contributed by atoms with E-state index in [1.165, 1.54) is 11.8 Å². The first-order valence-corrected chi connectivity index (χ1v) is 19.7. The highest BCUT2D eigenvalue weighted by atomic mass is 32.2. The number of nitrogens with one attached hydrogen (secondary N) is 4. The molecule has 4 N–H and O–H groups in total. The molecule has 1 saturated carbocycles. The second kappa shape index (κ2) is 15.3. The van der Waals surface area contributed by atoms with Gasteiger partial charge in [-0.25, -0.2) is 13.2 Å². The first-order chi connectivity index (χ1) is 24.5. The Morgan fingerprint density at radius 3 is 2.52 bits per heavy atom. The van der Waals surface area contributed by atoms with E-state index in [1.807, 2.05) is 36.4 Å². The maximum Gasteiger partial charge on any atom is 0.408 e. The molecule has 1 aromatic carbocycles. The van der Waals surface area contributed by atoms with Crippen LogP contribution in [0.4, 0.5) is 4.79 Å². The lowest BCUT2D eigenvalue weighted by molar-refractivity contribution is -0.141. The van der Waals surface area contributed by atoms with Gasteiger partial charge in [0.2, 0.25) is 21.8 Å². The summed E-state index contributed by atoms with van der Waals surface area (Å²) in [6.45, 7) is 8.31. The summed E-state index contributed by atoms with van der Waals surface area (Å²) in [4.78, 5) is 70.3. The van der Waals surface area contributed by atoms with Crippen molar-refractivity contribution in [3.63, 3.8) is 0 Å². The summed E-state index contributed by atoms with van der Waals surface area (Å²) in [6, 6.07) is 6.52. The predicted octanol–water partition coefficient (Wildman–Crippen LogP) is 3.41. The van der Waals surface area contributed by atoms with Crippen LogP contribution in [0.5, 0.6) is 0 Å². The number of fused-ring (bicyclic) bond motifs is 3. The van der Waals surface area contributed by atoms with Crippen LogP contribution in [0, 0.1) is 5.92 Å². The molecule has 284 valence electrons. The summed E-state index contributed by atoms with van der Waals surface area (Å²) in [5, 5.41) is 8.60. The quantitative estimate of drug-likeness (QED) is 0.311. The predicted molar refractivity (Wildman–Crippen MR) is 195 cm³/mol. The molecule has 6 atom stereocenters.